The highest BCUT2D eigenvalue weighted by Gasteiger charge is 2.57. The fraction of sp³-hybridized carbons (Fsp3) is 0.545. The van der Waals surface area contributed by atoms with Crippen LogP contribution in [0.5, 0.6) is 5.75 Å². The molecule has 0 amide bonds. The highest BCUT2D eigenvalue weighted by Crippen LogP contribution is 2.59. The van der Waals surface area contributed by atoms with Crippen molar-refractivity contribution in [3.8, 4) is 5.75 Å². The van der Waals surface area contributed by atoms with Crippen LogP contribution in [0, 0.1) is 17.3 Å². The van der Waals surface area contributed by atoms with E-state index in [4.69, 9.17) is 4.74 Å². The summed E-state index contributed by atoms with van der Waals surface area (Å²) in [4.78, 5) is 12.7. The standard InChI is InChI=1S/C22H27NO3/c1-13(2)12-26-15-5-7-16-14(10-15)4-6-18-17(16)8-9-22(3)19(18)11-20(23-25)21(22)24/h5,7,10,17-19,25H,1,4,6,8-9,11-12H2,2-3H3/b23-20-/t17-,18+,19-,22-/m1/s1. The Morgan fingerprint density at radius 1 is 1.42 bits per heavy atom. The third-order valence-electron chi connectivity index (χ3n) is 6.89. The number of ether oxygens (including phenoxy) is 1. The molecule has 0 spiro atoms. The van der Waals surface area contributed by atoms with Gasteiger partial charge in [-0.25, -0.2) is 0 Å². The van der Waals surface area contributed by atoms with E-state index in [1.165, 1.54) is 11.1 Å². The van der Waals surface area contributed by atoms with Gasteiger partial charge in [0.05, 0.1) is 0 Å². The van der Waals surface area contributed by atoms with Crippen LogP contribution in [-0.4, -0.2) is 23.3 Å². The normalized spacial score (nSPS) is 34.2. The van der Waals surface area contributed by atoms with Crippen LogP contribution in [0.4, 0.5) is 0 Å². The van der Waals surface area contributed by atoms with E-state index in [-0.39, 0.29) is 11.2 Å². The highest BCUT2D eigenvalue weighted by molar-refractivity contribution is 6.43. The van der Waals surface area contributed by atoms with E-state index in [0.29, 0.717) is 36.5 Å². The zero-order valence-electron chi connectivity index (χ0n) is 15.6. The number of Topliss-reactive ketones (excluding diaryl/α,β-unsaturated/α-hetero) is 1. The summed E-state index contributed by atoms with van der Waals surface area (Å²) in [5.41, 5.74) is 3.86. The van der Waals surface area contributed by atoms with Crippen molar-refractivity contribution in [3.63, 3.8) is 0 Å². The van der Waals surface area contributed by atoms with Gasteiger partial charge in [-0.1, -0.05) is 24.7 Å². The van der Waals surface area contributed by atoms with E-state index >= 15 is 0 Å². The number of fused-ring (bicyclic) bond motifs is 5. The summed E-state index contributed by atoms with van der Waals surface area (Å²) in [5, 5.41) is 12.5. The molecule has 0 radical (unpaired) electrons. The van der Waals surface area contributed by atoms with Crippen molar-refractivity contribution >= 4 is 11.5 Å². The average molecular weight is 353 g/mol. The first kappa shape index (κ1) is 17.3. The fourth-order valence-electron chi connectivity index (χ4n) is 5.55. The molecule has 1 aromatic rings. The minimum absolute atomic E-state index is 0.0674. The molecule has 0 heterocycles. The highest BCUT2D eigenvalue weighted by atomic mass is 16.5. The number of carbonyl (C=O) groups is 1. The van der Waals surface area contributed by atoms with Crippen LogP contribution in [0.2, 0.25) is 0 Å². The third-order valence-corrected chi connectivity index (χ3v) is 6.89. The Kier molecular flexibility index (Phi) is 4.17. The van der Waals surface area contributed by atoms with Gasteiger partial charge in [0.25, 0.3) is 0 Å². The number of rotatable bonds is 3. The number of hydrogen-bond donors (Lipinski definition) is 1. The SMILES string of the molecule is C=C(C)COc1ccc2c(c1)CC[C@H]1[C@@H]2CC[C@@]2(C)C(=O)/C(=N\O)C[C@H]12. The maximum absolute atomic E-state index is 12.7. The number of oxime groups is 1. The van der Waals surface area contributed by atoms with E-state index in [1.807, 2.05) is 6.92 Å². The van der Waals surface area contributed by atoms with Crippen molar-refractivity contribution in [1.29, 1.82) is 0 Å². The van der Waals surface area contributed by atoms with E-state index in [1.54, 1.807) is 0 Å². The summed E-state index contributed by atoms with van der Waals surface area (Å²) in [6.45, 7) is 8.49. The Labute approximate surface area is 154 Å². The Bertz CT molecular complexity index is 797. The molecule has 4 rings (SSSR count). The first-order valence-corrected chi connectivity index (χ1v) is 9.60. The maximum atomic E-state index is 12.7. The van der Waals surface area contributed by atoms with Crippen LogP contribution in [0.3, 0.4) is 0 Å². The topological polar surface area (TPSA) is 58.9 Å². The maximum Gasteiger partial charge on any atom is 0.186 e. The molecule has 4 nitrogen and oxygen atoms in total. The summed E-state index contributed by atoms with van der Waals surface area (Å²) >= 11 is 0. The van der Waals surface area contributed by atoms with Gasteiger partial charge in [-0.2, -0.15) is 0 Å². The molecular formula is C22H27NO3. The van der Waals surface area contributed by atoms with Crippen LogP contribution in [-0.2, 0) is 11.2 Å². The largest absolute Gasteiger partial charge is 0.489 e. The summed E-state index contributed by atoms with van der Waals surface area (Å²) in [6.07, 6.45) is 4.65. The van der Waals surface area contributed by atoms with Crippen LogP contribution in [0.25, 0.3) is 0 Å². The van der Waals surface area contributed by atoms with Gasteiger partial charge in [-0.3, -0.25) is 4.79 Å². The number of ketones is 1. The second-order valence-corrected chi connectivity index (χ2v) is 8.56. The molecule has 2 saturated carbocycles. The number of carbonyl (C=O) groups excluding carboxylic acids is 1. The second-order valence-electron chi connectivity index (χ2n) is 8.56. The molecule has 3 aliphatic rings. The van der Waals surface area contributed by atoms with Gasteiger partial charge >= 0.3 is 0 Å². The van der Waals surface area contributed by atoms with E-state index in [2.05, 4.69) is 36.9 Å². The summed E-state index contributed by atoms with van der Waals surface area (Å²) in [5.74, 6) is 2.27. The summed E-state index contributed by atoms with van der Waals surface area (Å²) in [6, 6.07) is 6.47. The zero-order chi connectivity index (χ0) is 18.5. The first-order valence-electron chi connectivity index (χ1n) is 9.60. The van der Waals surface area contributed by atoms with Crippen molar-refractivity contribution < 1.29 is 14.7 Å². The van der Waals surface area contributed by atoms with Gasteiger partial charge in [0.15, 0.2) is 5.78 Å². The minimum atomic E-state index is -0.342. The molecule has 0 bridgehead atoms. The minimum Gasteiger partial charge on any atom is -0.489 e. The van der Waals surface area contributed by atoms with Gasteiger partial charge in [0.1, 0.15) is 18.1 Å². The second kappa shape index (κ2) is 6.26. The summed E-state index contributed by atoms with van der Waals surface area (Å²) < 4.78 is 5.81. The van der Waals surface area contributed by atoms with Gasteiger partial charge in [0.2, 0.25) is 0 Å². The molecule has 0 aliphatic heterocycles. The first-order chi connectivity index (χ1) is 12.4. The average Bonchev–Trinajstić information content (AvgIpc) is 2.90. The van der Waals surface area contributed by atoms with Crippen LogP contribution < -0.4 is 4.74 Å². The lowest BCUT2D eigenvalue weighted by atomic mass is 9.55. The quantitative estimate of drug-likeness (QED) is 0.494. The predicted molar refractivity (Wildman–Crippen MR) is 101 cm³/mol. The van der Waals surface area contributed by atoms with Gasteiger partial charge in [-0.05, 0) is 79.2 Å². The molecule has 1 aromatic carbocycles. The Morgan fingerprint density at radius 2 is 2.23 bits per heavy atom. The lowest BCUT2D eigenvalue weighted by Crippen LogP contribution is -2.42. The van der Waals surface area contributed by atoms with Gasteiger partial charge in [-0.15, -0.1) is 0 Å². The van der Waals surface area contributed by atoms with Crippen molar-refractivity contribution in [2.45, 2.75) is 51.9 Å². The van der Waals surface area contributed by atoms with E-state index in [0.717, 1.165) is 37.0 Å². The monoisotopic (exact) mass is 353 g/mol. The van der Waals surface area contributed by atoms with Crippen LogP contribution in [0.1, 0.15) is 56.6 Å². The Morgan fingerprint density at radius 3 is 2.96 bits per heavy atom. The molecular weight excluding hydrogens is 326 g/mol. The smallest absolute Gasteiger partial charge is 0.186 e. The molecule has 0 aromatic heterocycles. The third kappa shape index (κ3) is 2.58. The van der Waals surface area contributed by atoms with Crippen molar-refractivity contribution in [3.05, 3.63) is 41.5 Å². The molecule has 138 valence electrons. The molecule has 0 unspecified atom stereocenters. The number of hydrogen-bond acceptors (Lipinski definition) is 4. The molecule has 4 heteroatoms. The van der Waals surface area contributed by atoms with Gasteiger partial charge < -0.3 is 9.94 Å². The summed E-state index contributed by atoms with van der Waals surface area (Å²) in [7, 11) is 0. The van der Waals surface area contributed by atoms with Crippen LogP contribution in [0.15, 0.2) is 35.5 Å². The van der Waals surface area contributed by atoms with Crippen molar-refractivity contribution in [2.24, 2.45) is 22.4 Å². The number of nitrogens with zero attached hydrogens (tertiary/aromatic N) is 1. The number of benzene rings is 1. The predicted octanol–water partition coefficient (Wildman–Crippen LogP) is 4.51. The Hall–Kier alpha value is -2.10. The zero-order valence-corrected chi connectivity index (χ0v) is 15.6. The van der Waals surface area contributed by atoms with Crippen molar-refractivity contribution in [1.82, 2.24) is 0 Å². The lowest BCUT2D eigenvalue weighted by molar-refractivity contribution is -0.125. The molecule has 0 saturated heterocycles. The molecule has 1 N–H and O–H groups in total. The van der Waals surface area contributed by atoms with E-state index < -0.39 is 0 Å². The van der Waals surface area contributed by atoms with Crippen molar-refractivity contribution in [2.75, 3.05) is 6.61 Å². The lowest BCUT2D eigenvalue weighted by Gasteiger charge is -2.47. The molecule has 26 heavy (non-hydrogen) atoms. The van der Waals surface area contributed by atoms with Crippen LogP contribution >= 0.6 is 0 Å². The van der Waals surface area contributed by atoms with E-state index in [9.17, 15) is 10.0 Å². The fourth-order valence-corrected chi connectivity index (χ4v) is 5.55. The Balaban J connectivity index is 1.61. The molecule has 3 aliphatic carbocycles. The number of aryl methyl sites for hydroxylation is 1. The van der Waals surface area contributed by atoms with Gasteiger partial charge in [0, 0.05) is 11.8 Å². The molecule has 2 fully saturated rings. The molecule has 4 atom stereocenters.